The topological polar surface area (TPSA) is 43.8 Å². The zero-order valence-corrected chi connectivity index (χ0v) is 9.92. The maximum atomic E-state index is 12.7. The Bertz CT molecular complexity index is 585. The van der Waals surface area contributed by atoms with E-state index in [2.05, 4.69) is 5.10 Å². The number of hydrogen-bond acceptors (Lipinski definition) is 2. The molecule has 2 aromatic rings. The van der Waals surface area contributed by atoms with Gasteiger partial charge in [0.05, 0.1) is 16.9 Å². The van der Waals surface area contributed by atoms with E-state index in [0.717, 1.165) is 23.5 Å². The maximum Gasteiger partial charge on any atom is 0.416 e. The molecular formula is C12H12F3N3. The Morgan fingerprint density at radius 3 is 2.28 bits per heavy atom. The van der Waals surface area contributed by atoms with E-state index in [4.69, 9.17) is 5.73 Å². The third-order valence-corrected chi connectivity index (χ3v) is 2.52. The Balaban J connectivity index is 2.59. The number of benzene rings is 1. The number of alkyl halides is 3. The van der Waals surface area contributed by atoms with Crippen LogP contribution in [0.5, 0.6) is 0 Å². The van der Waals surface area contributed by atoms with Crippen molar-refractivity contribution in [3.8, 4) is 5.69 Å². The molecule has 0 bridgehead atoms. The first-order valence-corrected chi connectivity index (χ1v) is 5.29. The fourth-order valence-corrected chi connectivity index (χ4v) is 1.81. The fourth-order valence-electron chi connectivity index (χ4n) is 1.81. The van der Waals surface area contributed by atoms with Gasteiger partial charge in [-0.2, -0.15) is 18.3 Å². The van der Waals surface area contributed by atoms with Crippen molar-refractivity contribution >= 4 is 5.69 Å². The summed E-state index contributed by atoms with van der Waals surface area (Å²) < 4.78 is 39.5. The van der Waals surface area contributed by atoms with Crippen molar-refractivity contribution in [2.24, 2.45) is 0 Å². The lowest BCUT2D eigenvalue weighted by atomic mass is 10.1. The molecule has 2 rings (SSSR count). The van der Waals surface area contributed by atoms with Gasteiger partial charge in [0.15, 0.2) is 0 Å². The van der Waals surface area contributed by atoms with Crippen LogP contribution in [0, 0.1) is 13.8 Å². The van der Waals surface area contributed by atoms with Crippen molar-refractivity contribution in [2.75, 3.05) is 5.73 Å². The molecule has 18 heavy (non-hydrogen) atoms. The second-order valence-corrected chi connectivity index (χ2v) is 4.15. The van der Waals surface area contributed by atoms with E-state index < -0.39 is 11.7 Å². The van der Waals surface area contributed by atoms with Gasteiger partial charge in [-0.15, -0.1) is 0 Å². The van der Waals surface area contributed by atoms with Gasteiger partial charge in [-0.25, -0.2) is 4.68 Å². The number of rotatable bonds is 1. The number of nitrogen functional groups attached to an aromatic ring is 1. The molecule has 0 saturated heterocycles. The molecule has 0 spiro atoms. The third-order valence-electron chi connectivity index (χ3n) is 2.52. The summed E-state index contributed by atoms with van der Waals surface area (Å²) in [5.74, 6) is 0. The number of hydrogen-bond donors (Lipinski definition) is 1. The Hall–Kier alpha value is -1.98. The molecule has 0 aliphatic rings. The summed E-state index contributed by atoms with van der Waals surface area (Å²) in [5, 5.41) is 4.14. The van der Waals surface area contributed by atoms with E-state index in [1.165, 1.54) is 10.7 Å². The quantitative estimate of drug-likeness (QED) is 0.796. The van der Waals surface area contributed by atoms with Crippen LogP contribution in [0.25, 0.3) is 5.69 Å². The molecule has 0 saturated carbocycles. The van der Waals surface area contributed by atoms with E-state index in [1.807, 2.05) is 0 Å². The molecule has 0 unspecified atom stereocenters. The summed E-state index contributed by atoms with van der Waals surface area (Å²) in [5.41, 5.74) is 6.61. The molecule has 1 heterocycles. The van der Waals surface area contributed by atoms with Crippen LogP contribution in [0.3, 0.4) is 0 Å². The van der Waals surface area contributed by atoms with Crippen molar-refractivity contribution in [2.45, 2.75) is 20.0 Å². The SMILES string of the molecule is Cc1cc(C)n(-c2cc(N)cc(C(F)(F)F)c2)n1. The van der Waals surface area contributed by atoms with Crippen molar-refractivity contribution in [3.63, 3.8) is 0 Å². The summed E-state index contributed by atoms with van der Waals surface area (Å²) in [6, 6.07) is 5.20. The Labute approximate surface area is 102 Å². The van der Waals surface area contributed by atoms with E-state index in [-0.39, 0.29) is 5.69 Å². The highest BCUT2D eigenvalue weighted by atomic mass is 19.4. The largest absolute Gasteiger partial charge is 0.416 e. The second kappa shape index (κ2) is 4.04. The number of aromatic nitrogens is 2. The molecule has 2 N–H and O–H groups in total. The van der Waals surface area contributed by atoms with Crippen LogP contribution in [0.15, 0.2) is 24.3 Å². The Kier molecular flexibility index (Phi) is 2.80. The highest BCUT2D eigenvalue weighted by Gasteiger charge is 2.31. The van der Waals surface area contributed by atoms with Crippen LogP contribution in [-0.2, 0) is 6.18 Å². The second-order valence-electron chi connectivity index (χ2n) is 4.15. The van der Waals surface area contributed by atoms with Crippen LogP contribution in [0.2, 0.25) is 0 Å². The average molecular weight is 255 g/mol. The Morgan fingerprint density at radius 2 is 1.78 bits per heavy atom. The first kappa shape index (κ1) is 12.5. The third kappa shape index (κ3) is 2.32. The minimum Gasteiger partial charge on any atom is -0.399 e. The monoisotopic (exact) mass is 255 g/mol. The van der Waals surface area contributed by atoms with Gasteiger partial charge in [0.2, 0.25) is 0 Å². The minimum atomic E-state index is -4.42. The number of anilines is 1. The molecule has 0 radical (unpaired) electrons. The molecule has 0 aliphatic heterocycles. The Morgan fingerprint density at radius 1 is 1.11 bits per heavy atom. The normalized spacial score (nSPS) is 11.8. The molecule has 1 aromatic carbocycles. The summed E-state index contributed by atoms with van der Waals surface area (Å²) in [7, 11) is 0. The first-order valence-electron chi connectivity index (χ1n) is 5.29. The van der Waals surface area contributed by atoms with Crippen molar-refractivity contribution < 1.29 is 13.2 Å². The molecule has 0 atom stereocenters. The lowest BCUT2D eigenvalue weighted by Crippen LogP contribution is -2.08. The van der Waals surface area contributed by atoms with Crippen LogP contribution in [0.4, 0.5) is 18.9 Å². The lowest BCUT2D eigenvalue weighted by molar-refractivity contribution is -0.137. The molecule has 0 aliphatic carbocycles. The zero-order chi connectivity index (χ0) is 13.5. The molecule has 0 fully saturated rings. The molecule has 1 aromatic heterocycles. The summed E-state index contributed by atoms with van der Waals surface area (Å²) in [4.78, 5) is 0. The van der Waals surface area contributed by atoms with Crippen molar-refractivity contribution in [1.82, 2.24) is 9.78 Å². The smallest absolute Gasteiger partial charge is 0.399 e. The summed E-state index contributed by atoms with van der Waals surface area (Å²) >= 11 is 0. The average Bonchev–Trinajstić information content (AvgIpc) is 2.55. The van der Waals surface area contributed by atoms with Gasteiger partial charge in [-0.1, -0.05) is 0 Å². The number of nitrogens with two attached hydrogens (primary N) is 1. The number of nitrogens with zero attached hydrogens (tertiary/aromatic N) is 2. The van der Waals surface area contributed by atoms with Gasteiger partial charge in [-0.3, -0.25) is 0 Å². The van der Waals surface area contributed by atoms with E-state index in [0.29, 0.717) is 5.69 Å². The van der Waals surface area contributed by atoms with E-state index in [1.54, 1.807) is 19.9 Å². The number of halogens is 3. The first-order chi connectivity index (χ1) is 8.27. The van der Waals surface area contributed by atoms with Gasteiger partial charge >= 0.3 is 6.18 Å². The van der Waals surface area contributed by atoms with Gasteiger partial charge < -0.3 is 5.73 Å². The van der Waals surface area contributed by atoms with Crippen LogP contribution < -0.4 is 5.73 Å². The van der Waals surface area contributed by atoms with E-state index in [9.17, 15) is 13.2 Å². The minimum absolute atomic E-state index is 0.0624. The predicted molar refractivity (Wildman–Crippen MR) is 62.5 cm³/mol. The maximum absolute atomic E-state index is 12.7. The lowest BCUT2D eigenvalue weighted by Gasteiger charge is -2.11. The van der Waals surface area contributed by atoms with Crippen LogP contribution in [0.1, 0.15) is 17.0 Å². The van der Waals surface area contributed by atoms with Gasteiger partial charge in [0.1, 0.15) is 0 Å². The summed E-state index contributed by atoms with van der Waals surface area (Å²) in [6.07, 6.45) is -4.42. The standard InChI is InChI=1S/C12H12F3N3/c1-7-3-8(2)18(17-7)11-5-9(12(13,14)15)4-10(16)6-11/h3-6H,16H2,1-2H3. The van der Waals surface area contributed by atoms with Crippen molar-refractivity contribution in [1.29, 1.82) is 0 Å². The molecule has 6 heteroatoms. The van der Waals surface area contributed by atoms with Crippen LogP contribution >= 0.6 is 0 Å². The van der Waals surface area contributed by atoms with Gasteiger partial charge in [0.25, 0.3) is 0 Å². The summed E-state index contributed by atoms with van der Waals surface area (Å²) in [6.45, 7) is 3.55. The highest BCUT2D eigenvalue weighted by Crippen LogP contribution is 2.32. The van der Waals surface area contributed by atoms with Crippen LogP contribution in [-0.4, -0.2) is 9.78 Å². The number of aryl methyl sites for hydroxylation is 2. The highest BCUT2D eigenvalue weighted by molar-refractivity contribution is 5.52. The van der Waals surface area contributed by atoms with Gasteiger partial charge in [-0.05, 0) is 38.1 Å². The zero-order valence-electron chi connectivity index (χ0n) is 9.92. The molecular weight excluding hydrogens is 243 g/mol. The molecule has 0 amide bonds. The molecule has 3 nitrogen and oxygen atoms in total. The van der Waals surface area contributed by atoms with Gasteiger partial charge in [0, 0.05) is 11.4 Å². The van der Waals surface area contributed by atoms with E-state index >= 15 is 0 Å². The van der Waals surface area contributed by atoms with Crippen molar-refractivity contribution in [3.05, 3.63) is 41.2 Å². The fraction of sp³-hybridized carbons (Fsp3) is 0.250. The predicted octanol–water partition coefficient (Wildman–Crippen LogP) is 3.09. The molecule has 96 valence electrons.